The monoisotopic (exact) mass is 349 g/mol. The molecule has 5 rings (SSSR count). The molecule has 0 radical (unpaired) electrons. The van der Waals surface area contributed by atoms with Crippen molar-refractivity contribution in [3.8, 4) is 0 Å². The van der Waals surface area contributed by atoms with Crippen molar-refractivity contribution in [3.05, 3.63) is 125 Å². The van der Waals surface area contributed by atoms with Crippen molar-refractivity contribution >= 4 is 5.69 Å². The highest BCUT2D eigenvalue weighted by Gasteiger charge is 2.58. The van der Waals surface area contributed by atoms with Gasteiger partial charge in [-0.15, -0.1) is 0 Å². The van der Waals surface area contributed by atoms with E-state index in [1.165, 1.54) is 22.3 Å². The van der Waals surface area contributed by atoms with Gasteiger partial charge < -0.3 is 5.73 Å². The number of rotatable bonds is 2. The maximum atomic E-state index is 6.58. The summed E-state index contributed by atoms with van der Waals surface area (Å²) >= 11 is 0. The molecule has 1 heteroatoms. The Kier molecular flexibility index (Phi) is 3.42. The van der Waals surface area contributed by atoms with E-state index in [0.717, 1.165) is 5.69 Å². The molecule has 2 atom stereocenters. The lowest BCUT2D eigenvalue weighted by Crippen LogP contribution is -2.40. The van der Waals surface area contributed by atoms with Gasteiger partial charge in [-0.3, -0.25) is 0 Å². The standard InChI is InChI=1S/C26H23N/c1-25-18-9-8-17-23(25)26(19-11-4-2-5-12-19,20-13-6-3-7-14-20)21-15-10-16-22(27)24(21)25/h2-18,23H,27H2,1H3. The van der Waals surface area contributed by atoms with Gasteiger partial charge in [0.05, 0.1) is 5.41 Å². The Balaban J connectivity index is 1.96. The van der Waals surface area contributed by atoms with Gasteiger partial charge in [0.2, 0.25) is 0 Å². The normalized spacial score (nSPS) is 24.4. The van der Waals surface area contributed by atoms with Crippen LogP contribution in [0, 0.1) is 5.92 Å². The Morgan fingerprint density at radius 1 is 0.741 bits per heavy atom. The summed E-state index contributed by atoms with van der Waals surface area (Å²) in [4.78, 5) is 0. The maximum absolute atomic E-state index is 6.58. The SMILES string of the molecule is CC12C=CC=CC1C(c1ccccc1)(c1ccccc1)c1cccc(N)c12. The molecule has 2 N–H and O–H groups in total. The molecule has 132 valence electrons. The average Bonchev–Trinajstić information content (AvgIpc) is 2.96. The molecule has 2 aliphatic rings. The van der Waals surface area contributed by atoms with Crippen LogP contribution in [-0.4, -0.2) is 0 Å². The predicted octanol–water partition coefficient (Wildman–Crippen LogP) is 5.62. The molecule has 0 aliphatic heterocycles. The number of hydrogen-bond donors (Lipinski definition) is 1. The van der Waals surface area contributed by atoms with E-state index < -0.39 is 0 Å². The van der Waals surface area contributed by atoms with Gasteiger partial charge in [0.15, 0.2) is 0 Å². The first-order valence-corrected chi connectivity index (χ1v) is 9.55. The average molecular weight is 349 g/mol. The van der Waals surface area contributed by atoms with Crippen molar-refractivity contribution in [2.45, 2.75) is 17.8 Å². The summed E-state index contributed by atoms with van der Waals surface area (Å²) in [5.74, 6) is 0.263. The van der Waals surface area contributed by atoms with Gasteiger partial charge in [-0.1, -0.05) is 104 Å². The molecule has 0 spiro atoms. The number of hydrogen-bond acceptors (Lipinski definition) is 1. The van der Waals surface area contributed by atoms with Crippen LogP contribution in [0.5, 0.6) is 0 Å². The van der Waals surface area contributed by atoms with Crippen LogP contribution in [0.3, 0.4) is 0 Å². The van der Waals surface area contributed by atoms with Crippen molar-refractivity contribution in [1.82, 2.24) is 0 Å². The Morgan fingerprint density at radius 2 is 1.37 bits per heavy atom. The zero-order chi connectivity index (χ0) is 18.5. The van der Waals surface area contributed by atoms with E-state index in [4.69, 9.17) is 5.73 Å². The predicted molar refractivity (Wildman–Crippen MR) is 113 cm³/mol. The second-order valence-electron chi connectivity index (χ2n) is 7.81. The van der Waals surface area contributed by atoms with Crippen LogP contribution in [0.1, 0.15) is 29.2 Å². The molecule has 0 amide bonds. The fourth-order valence-corrected chi connectivity index (χ4v) is 5.47. The molecule has 1 nitrogen and oxygen atoms in total. The van der Waals surface area contributed by atoms with E-state index in [-0.39, 0.29) is 16.7 Å². The maximum Gasteiger partial charge on any atom is 0.0529 e. The van der Waals surface area contributed by atoms with Gasteiger partial charge >= 0.3 is 0 Å². The van der Waals surface area contributed by atoms with Crippen molar-refractivity contribution in [2.24, 2.45) is 5.92 Å². The van der Waals surface area contributed by atoms with Crippen LogP contribution >= 0.6 is 0 Å². The van der Waals surface area contributed by atoms with Crippen molar-refractivity contribution in [3.63, 3.8) is 0 Å². The summed E-state index contributed by atoms with van der Waals surface area (Å²) in [5, 5.41) is 0. The Morgan fingerprint density at radius 3 is 2.00 bits per heavy atom. The highest BCUT2D eigenvalue weighted by Crippen LogP contribution is 2.63. The van der Waals surface area contributed by atoms with Gasteiger partial charge in [0.25, 0.3) is 0 Å². The van der Waals surface area contributed by atoms with E-state index in [1.54, 1.807) is 0 Å². The smallest absolute Gasteiger partial charge is 0.0529 e. The van der Waals surface area contributed by atoms with Crippen molar-refractivity contribution in [1.29, 1.82) is 0 Å². The summed E-state index contributed by atoms with van der Waals surface area (Å²) in [6, 6.07) is 28.2. The lowest BCUT2D eigenvalue weighted by molar-refractivity contribution is 0.367. The molecule has 0 saturated carbocycles. The molecule has 0 fully saturated rings. The zero-order valence-electron chi connectivity index (χ0n) is 15.5. The molecule has 0 heterocycles. The first-order valence-electron chi connectivity index (χ1n) is 9.55. The third kappa shape index (κ3) is 2.00. The van der Waals surface area contributed by atoms with E-state index in [1.807, 2.05) is 6.07 Å². The number of benzene rings is 3. The summed E-state index contributed by atoms with van der Waals surface area (Å²) in [5.41, 5.74) is 12.3. The fourth-order valence-electron chi connectivity index (χ4n) is 5.47. The van der Waals surface area contributed by atoms with E-state index in [0.29, 0.717) is 0 Å². The molecule has 0 bridgehead atoms. The Labute approximate surface area is 160 Å². The summed E-state index contributed by atoms with van der Waals surface area (Å²) in [7, 11) is 0. The van der Waals surface area contributed by atoms with Gasteiger partial charge in [-0.25, -0.2) is 0 Å². The molecular formula is C26H23N. The number of allylic oxidation sites excluding steroid dienone is 4. The number of fused-ring (bicyclic) bond motifs is 3. The van der Waals surface area contributed by atoms with Crippen LogP contribution < -0.4 is 5.73 Å². The van der Waals surface area contributed by atoms with E-state index >= 15 is 0 Å². The Bertz CT molecular complexity index is 1010. The third-order valence-corrected chi connectivity index (χ3v) is 6.49. The summed E-state index contributed by atoms with van der Waals surface area (Å²) in [6.45, 7) is 2.33. The van der Waals surface area contributed by atoms with E-state index in [2.05, 4.69) is 104 Å². The molecular weight excluding hydrogens is 326 g/mol. The van der Waals surface area contributed by atoms with Crippen LogP contribution in [0.4, 0.5) is 5.69 Å². The largest absolute Gasteiger partial charge is 0.398 e. The second-order valence-corrected chi connectivity index (χ2v) is 7.81. The number of anilines is 1. The van der Waals surface area contributed by atoms with Crippen LogP contribution in [-0.2, 0) is 10.8 Å². The lowest BCUT2D eigenvalue weighted by Gasteiger charge is -2.42. The van der Waals surface area contributed by atoms with Crippen LogP contribution in [0.15, 0.2) is 103 Å². The molecule has 27 heavy (non-hydrogen) atoms. The topological polar surface area (TPSA) is 26.0 Å². The zero-order valence-corrected chi connectivity index (χ0v) is 15.5. The minimum atomic E-state index is -0.261. The van der Waals surface area contributed by atoms with Gasteiger partial charge in [0.1, 0.15) is 0 Å². The molecule has 0 aromatic heterocycles. The van der Waals surface area contributed by atoms with Gasteiger partial charge in [-0.2, -0.15) is 0 Å². The molecule has 0 saturated heterocycles. The quantitative estimate of drug-likeness (QED) is 0.597. The van der Waals surface area contributed by atoms with Gasteiger partial charge in [0, 0.05) is 17.0 Å². The second kappa shape index (κ2) is 5.72. The molecule has 2 unspecified atom stereocenters. The van der Waals surface area contributed by atoms with Crippen LogP contribution in [0.2, 0.25) is 0 Å². The molecule has 3 aromatic rings. The minimum Gasteiger partial charge on any atom is -0.398 e. The third-order valence-electron chi connectivity index (χ3n) is 6.49. The number of nitrogens with two attached hydrogens (primary N) is 1. The summed E-state index contributed by atoms with van der Waals surface area (Å²) < 4.78 is 0. The Hall–Kier alpha value is -3.06. The number of nitrogen functional groups attached to an aromatic ring is 1. The lowest BCUT2D eigenvalue weighted by atomic mass is 9.60. The fraction of sp³-hybridized carbons (Fsp3) is 0.154. The molecule has 3 aromatic carbocycles. The van der Waals surface area contributed by atoms with Crippen molar-refractivity contribution in [2.75, 3.05) is 5.73 Å². The first kappa shape index (κ1) is 16.1. The minimum absolute atomic E-state index is 0.138. The highest BCUT2D eigenvalue weighted by molar-refractivity contribution is 5.71. The van der Waals surface area contributed by atoms with E-state index in [9.17, 15) is 0 Å². The van der Waals surface area contributed by atoms with Gasteiger partial charge in [-0.05, 0) is 28.3 Å². The highest BCUT2D eigenvalue weighted by atomic mass is 14.7. The summed E-state index contributed by atoms with van der Waals surface area (Å²) in [6.07, 6.45) is 9.06. The van der Waals surface area contributed by atoms with Crippen LogP contribution in [0.25, 0.3) is 0 Å². The van der Waals surface area contributed by atoms with Crippen molar-refractivity contribution < 1.29 is 0 Å². The first-order chi connectivity index (χ1) is 13.2. The molecule has 2 aliphatic carbocycles.